The van der Waals surface area contributed by atoms with Crippen LogP contribution in [0.5, 0.6) is 0 Å². The lowest BCUT2D eigenvalue weighted by Gasteiger charge is -2.48. The molecule has 7 heteroatoms. The Kier molecular flexibility index (Phi) is 4.26. The van der Waals surface area contributed by atoms with Crippen LogP contribution < -0.4 is 4.90 Å². The van der Waals surface area contributed by atoms with Crippen LogP contribution in [0.1, 0.15) is 25.7 Å². The number of carbonyl (C=O) groups excluding carboxylic acids is 1. The Balaban J connectivity index is 1.46. The van der Waals surface area contributed by atoms with Crippen molar-refractivity contribution in [2.75, 3.05) is 50.8 Å². The average molecular weight is 331 g/mol. The van der Waals surface area contributed by atoms with Crippen LogP contribution in [0.2, 0.25) is 0 Å². The van der Waals surface area contributed by atoms with E-state index >= 15 is 0 Å². The van der Waals surface area contributed by atoms with Crippen molar-refractivity contribution in [3.05, 3.63) is 18.6 Å². The lowest BCUT2D eigenvalue weighted by Crippen LogP contribution is -2.62. The molecule has 4 heterocycles. The molecule has 0 unspecified atom stereocenters. The third kappa shape index (κ3) is 3.05. The molecule has 3 aliphatic heterocycles. The molecule has 0 bridgehead atoms. The number of hydrogen-bond acceptors (Lipinski definition) is 5. The Morgan fingerprint density at radius 1 is 1.04 bits per heavy atom. The number of amides is 2. The van der Waals surface area contributed by atoms with E-state index in [0.717, 1.165) is 57.7 Å². The number of piperidine rings is 1. The average Bonchev–Trinajstić information content (AvgIpc) is 3.17. The van der Waals surface area contributed by atoms with Crippen LogP contribution >= 0.6 is 0 Å². The van der Waals surface area contributed by atoms with E-state index in [9.17, 15) is 4.79 Å². The number of likely N-dealkylation sites (tertiary alicyclic amines) is 1. The fourth-order valence-corrected chi connectivity index (χ4v) is 4.11. The molecule has 2 amide bonds. The summed E-state index contributed by atoms with van der Waals surface area (Å²) in [6, 6.07) is 0.187. The first-order valence-electron chi connectivity index (χ1n) is 8.95. The normalized spacial score (nSPS) is 27.8. The Hall–Kier alpha value is -1.89. The number of anilines is 1. The Bertz CT molecular complexity index is 574. The number of morpholine rings is 1. The van der Waals surface area contributed by atoms with Crippen molar-refractivity contribution in [1.29, 1.82) is 0 Å². The SMILES string of the molecule is O=C(N1CCCC1)N1CCO[C@]2(CCCN(c3cnccn3)C2)C1. The molecule has 0 N–H and O–H groups in total. The number of nitrogens with zero attached hydrogens (tertiary/aromatic N) is 5. The highest BCUT2D eigenvalue weighted by molar-refractivity contribution is 5.75. The first-order valence-corrected chi connectivity index (χ1v) is 8.95. The minimum Gasteiger partial charge on any atom is -0.369 e. The summed E-state index contributed by atoms with van der Waals surface area (Å²) in [4.78, 5) is 27.5. The van der Waals surface area contributed by atoms with Gasteiger partial charge in [0, 0.05) is 38.6 Å². The van der Waals surface area contributed by atoms with E-state index in [4.69, 9.17) is 4.74 Å². The van der Waals surface area contributed by atoms with Crippen LogP contribution in [0, 0.1) is 0 Å². The Morgan fingerprint density at radius 3 is 2.71 bits per heavy atom. The van der Waals surface area contributed by atoms with Gasteiger partial charge in [-0.25, -0.2) is 9.78 Å². The predicted molar refractivity (Wildman–Crippen MR) is 89.9 cm³/mol. The van der Waals surface area contributed by atoms with Crippen molar-refractivity contribution in [1.82, 2.24) is 19.8 Å². The van der Waals surface area contributed by atoms with E-state index in [0.29, 0.717) is 19.7 Å². The summed E-state index contributed by atoms with van der Waals surface area (Å²) in [6.45, 7) is 5.53. The molecular formula is C17H25N5O2. The molecule has 0 radical (unpaired) electrons. The summed E-state index contributed by atoms with van der Waals surface area (Å²) in [5.41, 5.74) is -0.274. The minimum absolute atomic E-state index is 0.187. The number of carbonyl (C=O) groups is 1. The summed E-state index contributed by atoms with van der Waals surface area (Å²) in [5.74, 6) is 0.892. The van der Waals surface area contributed by atoms with Gasteiger partial charge in [-0.2, -0.15) is 0 Å². The monoisotopic (exact) mass is 331 g/mol. The predicted octanol–water partition coefficient (Wildman–Crippen LogP) is 1.36. The fourth-order valence-electron chi connectivity index (χ4n) is 4.11. The smallest absolute Gasteiger partial charge is 0.320 e. The van der Waals surface area contributed by atoms with Crippen LogP contribution in [0.25, 0.3) is 0 Å². The van der Waals surface area contributed by atoms with Crippen LogP contribution in [0.15, 0.2) is 18.6 Å². The molecule has 3 saturated heterocycles. The summed E-state index contributed by atoms with van der Waals surface area (Å²) in [7, 11) is 0. The molecule has 130 valence electrons. The Morgan fingerprint density at radius 2 is 1.92 bits per heavy atom. The van der Waals surface area contributed by atoms with Gasteiger partial charge in [0.2, 0.25) is 0 Å². The second-order valence-corrected chi connectivity index (χ2v) is 7.02. The van der Waals surface area contributed by atoms with Gasteiger partial charge in [-0.3, -0.25) is 4.98 Å². The van der Waals surface area contributed by atoms with Gasteiger partial charge in [-0.15, -0.1) is 0 Å². The van der Waals surface area contributed by atoms with Gasteiger partial charge in [-0.1, -0.05) is 0 Å². The molecule has 1 atom stereocenters. The van der Waals surface area contributed by atoms with E-state index in [1.807, 2.05) is 9.80 Å². The standard InChI is InChI=1S/C17H25N5O2/c23-16(20-7-1-2-8-20)22-10-11-24-17(14-22)4-3-9-21(13-17)15-12-18-5-6-19-15/h5-6,12H,1-4,7-11,13-14H2/t17-/m0/s1. The zero-order valence-corrected chi connectivity index (χ0v) is 14.1. The summed E-state index contributed by atoms with van der Waals surface area (Å²) >= 11 is 0. The van der Waals surface area contributed by atoms with Crippen LogP contribution in [-0.2, 0) is 4.74 Å². The zero-order chi connectivity index (χ0) is 16.4. The Labute approximate surface area is 142 Å². The molecule has 4 rings (SSSR count). The summed E-state index contributed by atoms with van der Waals surface area (Å²) < 4.78 is 6.20. The molecule has 0 saturated carbocycles. The highest BCUT2D eigenvalue weighted by atomic mass is 16.5. The maximum atomic E-state index is 12.7. The van der Waals surface area contributed by atoms with Gasteiger partial charge < -0.3 is 19.4 Å². The molecular weight excluding hydrogens is 306 g/mol. The molecule has 1 aromatic heterocycles. The molecule has 24 heavy (non-hydrogen) atoms. The lowest BCUT2D eigenvalue weighted by atomic mass is 9.90. The molecule has 3 aliphatic rings. The first-order chi connectivity index (χ1) is 11.8. The highest BCUT2D eigenvalue weighted by Gasteiger charge is 2.43. The van der Waals surface area contributed by atoms with E-state index < -0.39 is 0 Å². The number of rotatable bonds is 1. The van der Waals surface area contributed by atoms with E-state index in [-0.39, 0.29) is 11.6 Å². The molecule has 7 nitrogen and oxygen atoms in total. The van der Waals surface area contributed by atoms with Crippen molar-refractivity contribution in [2.24, 2.45) is 0 Å². The molecule has 1 aromatic rings. The minimum atomic E-state index is -0.274. The topological polar surface area (TPSA) is 61.8 Å². The zero-order valence-electron chi connectivity index (χ0n) is 14.1. The number of ether oxygens (including phenoxy) is 1. The molecule has 0 aromatic carbocycles. The lowest BCUT2D eigenvalue weighted by molar-refractivity contribution is -0.105. The van der Waals surface area contributed by atoms with Crippen LogP contribution in [0.3, 0.4) is 0 Å². The van der Waals surface area contributed by atoms with Crippen molar-refractivity contribution >= 4 is 11.8 Å². The number of urea groups is 1. The largest absolute Gasteiger partial charge is 0.369 e. The fraction of sp³-hybridized carbons (Fsp3) is 0.706. The van der Waals surface area contributed by atoms with E-state index in [2.05, 4.69) is 14.9 Å². The van der Waals surface area contributed by atoms with Crippen LogP contribution in [0.4, 0.5) is 10.6 Å². The van der Waals surface area contributed by atoms with E-state index in [1.165, 1.54) is 0 Å². The second-order valence-electron chi connectivity index (χ2n) is 7.02. The first kappa shape index (κ1) is 15.6. The van der Waals surface area contributed by atoms with Gasteiger partial charge in [0.1, 0.15) is 11.4 Å². The van der Waals surface area contributed by atoms with Crippen molar-refractivity contribution < 1.29 is 9.53 Å². The quantitative estimate of drug-likeness (QED) is 0.778. The molecule has 3 fully saturated rings. The van der Waals surface area contributed by atoms with Gasteiger partial charge in [0.05, 0.1) is 25.9 Å². The number of aromatic nitrogens is 2. The summed E-state index contributed by atoms with van der Waals surface area (Å²) in [5, 5.41) is 0. The van der Waals surface area contributed by atoms with Crippen LogP contribution in [-0.4, -0.2) is 77.3 Å². The van der Waals surface area contributed by atoms with Crippen molar-refractivity contribution in [3.8, 4) is 0 Å². The third-order valence-electron chi connectivity index (χ3n) is 5.31. The van der Waals surface area contributed by atoms with Gasteiger partial charge in [0.15, 0.2) is 0 Å². The van der Waals surface area contributed by atoms with E-state index in [1.54, 1.807) is 18.6 Å². The van der Waals surface area contributed by atoms with Crippen molar-refractivity contribution in [3.63, 3.8) is 0 Å². The second kappa shape index (κ2) is 6.55. The van der Waals surface area contributed by atoms with Gasteiger partial charge in [-0.05, 0) is 25.7 Å². The van der Waals surface area contributed by atoms with Crippen molar-refractivity contribution in [2.45, 2.75) is 31.3 Å². The maximum absolute atomic E-state index is 12.7. The third-order valence-corrected chi connectivity index (χ3v) is 5.31. The number of hydrogen-bond donors (Lipinski definition) is 0. The maximum Gasteiger partial charge on any atom is 0.320 e. The summed E-state index contributed by atoms with van der Waals surface area (Å²) in [6.07, 6.45) is 9.51. The van der Waals surface area contributed by atoms with Gasteiger partial charge in [0.25, 0.3) is 0 Å². The molecule has 1 spiro atoms. The van der Waals surface area contributed by atoms with Gasteiger partial charge >= 0.3 is 6.03 Å². The highest BCUT2D eigenvalue weighted by Crippen LogP contribution is 2.31. The molecule has 0 aliphatic carbocycles.